The van der Waals surface area contributed by atoms with Crippen LogP contribution in [0.3, 0.4) is 0 Å². The second-order valence-corrected chi connectivity index (χ2v) is 5.64. The maximum Gasteiger partial charge on any atom is 0.123 e. The monoisotopic (exact) mass is 267 g/mol. The predicted molar refractivity (Wildman–Crippen MR) is 83.5 cm³/mol. The first-order valence-electron chi connectivity index (χ1n) is 7.22. The van der Waals surface area contributed by atoms with E-state index < -0.39 is 0 Å². The molecule has 1 atom stereocenters. The van der Waals surface area contributed by atoms with Gasteiger partial charge in [-0.3, -0.25) is 0 Å². The van der Waals surface area contributed by atoms with Crippen LogP contribution >= 0.6 is 0 Å². The van der Waals surface area contributed by atoms with Gasteiger partial charge < -0.3 is 10.1 Å². The highest BCUT2D eigenvalue weighted by Gasteiger charge is 2.23. The van der Waals surface area contributed by atoms with Crippen LogP contribution in [0, 0.1) is 13.8 Å². The average molecular weight is 267 g/mol. The van der Waals surface area contributed by atoms with Crippen molar-refractivity contribution in [3.63, 3.8) is 0 Å². The number of anilines is 1. The largest absolute Gasteiger partial charge is 0.490 e. The first-order valence-corrected chi connectivity index (χ1v) is 7.22. The van der Waals surface area contributed by atoms with Gasteiger partial charge in [-0.25, -0.2) is 0 Å². The highest BCUT2D eigenvalue weighted by Crippen LogP contribution is 2.37. The molecule has 2 heteroatoms. The molecule has 0 aromatic heterocycles. The molecular formula is C18H21NO. The van der Waals surface area contributed by atoms with Gasteiger partial charge in [0.1, 0.15) is 11.9 Å². The van der Waals surface area contributed by atoms with E-state index >= 15 is 0 Å². The SMILES string of the molecule is Cc1cc2c(c(C)c1NCc1ccccc1)CC(C)O2. The zero-order valence-corrected chi connectivity index (χ0v) is 12.4. The summed E-state index contributed by atoms with van der Waals surface area (Å²) in [7, 11) is 0. The Morgan fingerprint density at radius 3 is 2.70 bits per heavy atom. The van der Waals surface area contributed by atoms with Crippen LogP contribution in [0.2, 0.25) is 0 Å². The molecule has 2 aromatic carbocycles. The van der Waals surface area contributed by atoms with Crippen LogP contribution in [0.5, 0.6) is 5.75 Å². The van der Waals surface area contributed by atoms with E-state index in [1.54, 1.807) is 0 Å². The smallest absolute Gasteiger partial charge is 0.123 e. The van der Waals surface area contributed by atoms with Gasteiger partial charge in [-0.1, -0.05) is 30.3 Å². The van der Waals surface area contributed by atoms with Crippen LogP contribution in [0.25, 0.3) is 0 Å². The van der Waals surface area contributed by atoms with Gasteiger partial charge in [0.15, 0.2) is 0 Å². The summed E-state index contributed by atoms with van der Waals surface area (Å²) >= 11 is 0. The fourth-order valence-electron chi connectivity index (χ4n) is 2.95. The molecule has 1 aliphatic rings. The molecular weight excluding hydrogens is 246 g/mol. The van der Waals surface area contributed by atoms with Crippen molar-refractivity contribution in [2.45, 2.75) is 39.8 Å². The van der Waals surface area contributed by atoms with Gasteiger partial charge in [0.05, 0.1) is 0 Å². The van der Waals surface area contributed by atoms with Crippen LogP contribution in [0.1, 0.15) is 29.2 Å². The Morgan fingerprint density at radius 2 is 1.95 bits per heavy atom. The third kappa shape index (κ3) is 2.38. The fourth-order valence-corrected chi connectivity index (χ4v) is 2.95. The summed E-state index contributed by atoms with van der Waals surface area (Å²) in [6.07, 6.45) is 1.31. The number of nitrogens with one attached hydrogen (secondary N) is 1. The van der Waals surface area contributed by atoms with E-state index in [1.165, 1.54) is 27.9 Å². The molecule has 1 heterocycles. The predicted octanol–water partition coefficient (Wildman–Crippen LogP) is 4.24. The van der Waals surface area contributed by atoms with Crippen LogP contribution in [-0.4, -0.2) is 6.10 Å². The Labute approximate surface area is 120 Å². The van der Waals surface area contributed by atoms with Gasteiger partial charge >= 0.3 is 0 Å². The molecule has 104 valence electrons. The van der Waals surface area contributed by atoms with E-state index in [0.29, 0.717) is 6.10 Å². The summed E-state index contributed by atoms with van der Waals surface area (Å²) in [4.78, 5) is 0. The Morgan fingerprint density at radius 1 is 1.20 bits per heavy atom. The van der Waals surface area contributed by atoms with Crippen LogP contribution < -0.4 is 10.1 Å². The molecule has 0 fully saturated rings. The van der Waals surface area contributed by atoms with Crippen LogP contribution in [-0.2, 0) is 13.0 Å². The molecule has 0 amide bonds. The molecule has 0 aliphatic carbocycles. The van der Waals surface area contributed by atoms with Gasteiger partial charge in [-0.15, -0.1) is 0 Å². The van der Waals surface area contributed by atoms with Crippen molar-refractivity contribution in [1.29, 1.82) is 0 Å². The molecule has 1 aliphatic heterocycles. The van der Waals surface area contributed by atoms with E-state index in [-0.39, 0.29) is 0 Å². The number of rotatable bonds is 3. The molecule has 20 heavy (non-hydrogen) atoms. The summed E-state index contributed by atoms with van der Waals surface area (Å²) in [5, 5.41) is 3.59. The first kappa shape index (κ1) is 13.0. The number of aryl methyl sites for hydroxylation is 1. The van der Waals surface area contributed by atoms with Crippen molar-refractivity contribution in [1.82, 2.24) is 0 Å². The fraction of sp³-hybridized carbons (Fsp3) is 0.333. The molecule has 2 nitrogen and oxygen atoms in total. The summed E-state index contributed by atoms with van der Waals surface area (Å²) in [6, 6.07) is 12.7. The molecule has 2 aromatic rings. The van der Waals surface area contributed by atoms with Gasteiger partial charge in [0, 0.05) is 24.2 Å². The maximum absolute atomic E-state index is 5.86. The molecule has 0 saturated carbocycles. The maximum atomic E-state index is 5.86. The van der Waals surface area contributed by atoms with Gasteiger partial charge in [-0.05, 0) is 43.5 Å². The lowest BCUT2D eigenvalue weighted by Gasteiger charge is -2.15. The zero-order valence-electron chi connectivity index (χ0n) is 12.4. The molecule has 0 bridgehead atoms. The first-order chi connectivity index (χ1) is 9.65. The van der Waals surface area contributed by atoms with E-state index in [4.69, 9.17) is 4.74 Å². The van der Waals surface area contributed by atoms with Crippen molar-refractivity contribution in [3.8, 4) is 5.75 Å². The molecule has 0 radical (unpaired) electrons. The minimum atomic E-state index is 0.299. The van der Waals surface area contributed by atoms with Crippen LogP contribution in [0.4, 0.5) is 5.69 Å². The number of ether oxygens (including phenoxy) is 1. The minimum absolute atomic E-state index is 0.299. The molecule has 1 N–H and O–H groups in total. The third-order valence-electron chi connectivity index (χ3n) is 4.00. The normalized spacial score (nSPS) is 16.6. The van der Waals surface area contributed by atoms with Gasteiger partial charge in [0.2, 0.25) is 0 Å². The summed E-state index contributed by atoms with van der Waals surface area (Å²) in [6.45, 7) is 7.33. The molecule has 0 saturated heterocycles. The van der Waals surface area contributed by atoms with E-state index in [0.717, 1.165) is 18.7 Å². The second kappa shape index (κ2) is 5.20. The summed E-state index contributed by atoms with van der Waals surface area (Å²) in [5.74, 6) is 1.07. The van der Waals surface area contributed by atoms with Crippen molar-refractivity contribution in [2.75, 3.05) is 5.32 Å². The third-order valence-corrected chi connectivity index (χ3v) is 4.00. The standard InChI is InChI=1S/C18H21NO/c1-12-9-17-16(10-13(2)20-17)14(3)18(12)19-11-15-7-5-4-6-8-15/h4-9,13,19H,10-11H2,1-3H3. The number of hydrogen-bond acceptors (Lipinski definition) is 2. The van der Waals surface area contributed by atoms with E-state index in [2.05, 4.69) is 56.4 Å². The van der Waals surface area contributed by atoms with Gasteiger partial charge in [0.25, 0.3) is 0 Å². The topological polar surface area (TPSA) is 21.3 Å². The summed E-state index contributed by atoms with van der Waals surface area (Å²) < 4.78 is 5.86. The zero-order chi connectivity index (χ0) is 14.1. The van der Waals surface area contributed by atoms with Crippen molar-refractivity contribution in [3.05, 3.63) is 58.7 Å². The lowest BCUT2D eigenvalue weighted by molar-refractivity contribution is 0.254. The number of benzene rings is 2. The summed E-state index contributed by atoms with van der Waals surface area (Å²) in [5.41, 5.74) is 6.51. The lowest BCUT2D eigenvalue weighted by atomic mass is 9.99. The highest BCUT2D eigenvalue weighted by atomic mass is 16.5. The Balaban J connectivity index is 1.86. The molecule has 3 rings (SSSR count). The van der Waals surface area contributed by atoms with Crippen molar-refractivity contribution >= 4 is 5.69 Å². The molecule has 1 unspecified atom stereocenters. The Kier molecular flexibility index (Phi) is 3.39. The van der Waals surface area contributed by atoms with Crippen LogP contribution in [0.15, 0.2) is 36.4 Å². The van der Waals surface area contributed by atoms with Crippen molar-refractivity contribution in [2.24, 2.45) is 0 Å². The lowest BCUT2D eigenvalue weighted by Crippen LogP contribution is -2.05. The van der Waals surface area contributed by atoms with E-state index in [9.17, 15) is 0 Å². The average Bonchev–Trinajstić information content (AvgIpc) is 2.80. The van der Waals surface area contributed by atoms with E-state index in [1.807, 2.05) is 6.07 Å². The van der Waals surface area contributed by atoms with Crippen molar-refractivity contribution < 1.29 is 4.74 Å². The minimum Gasteiger partial charge on any atom is -0.490 e. The highest BCUT2D eigenvalue weighted by molar-refractivity contribution is 5.64. The molecule has 0 spiro atoms. The quantitative estimate of drug-likeness (QED) is 0.898. The van der Waals surface area contributed by atoms with Gasteiger partial charge in [-0.2, -0.15) is 0 Å². The number of fused-ring (bicyclic) bond motifs is 1. The number of hydrogen-bond donors (Lipinski definition) is 1. The Hall–Kier alpha value is -1.96. The second-order valence-electron chi connectivity index (χ2n) is 5.64. The Bertz CT molecular complexity index is 619.